The Balaban J connectivity index is 0.00000242. The lowest BCUT2D eigenvalue weighted by Gasteiger charge is -2.11. The van der Waals surface area contributed by atoms with Crippen molar-refractivity contribution in [1.29, 1.82) is 0 Å². The van der Waals surface area contributed by atoms with Crippen LogP contribution in [0.25, 0.3) is 0 Å². The monoisotopic (exact) mass is 341 g/mol. The Morgan fingerprint density at radius 1 is 1.05 bits per heavy atom. The van der Waals surface area contributed by atoms with Gasteiger partial charge in [-0.25, -0.2) is 0 Å². The van der Waals surface area contributed by atoms with E-state index >= 15 is 0 Å². The van der Waals surface area contributed by atoms with E-state index in [0.29, 0.717) is 11.6 Å². The van der Waals surface area contributed by atoms with Crippen LogP contribution in [-0.4, -0.2) is 13.7 Å². The first kappa shape index (κ1) is 18.6. The molecule has 0 aliphatic carbocycles. The van der Waals surface area contributed by atoms with Crippen LogP contribution in [0, 0.1) is 0 Å². The van der Waals surface area contributed by atoms with Gasteiger partial charge in [-0.05, 0) is 30.7 Å². The molecule has 5 heteroatoms. The minimum atomic E-state index is 0. The Labute approximate surface area is 143 Å². The van der Waals surface area contributed by atoms with E-state index < -0.39 is 0 Å². The van der Waals surface area contributed by atoms with Gasteiger partial charge in [0.15, 0.2) is 0 Å². The van der Waals surface area contributed by atoms with Crippen LogP contribution in [0.4, 0.5) is 0 Å². The van der Waals surface area contributed by atoms with E-state index in [0.717, 1.165) is 35.7 Å². The minimum absolute atomic E-state index is 0. The van der Waals surface area contributed by atoms with Crippen molar-refractivity contribution in [3.63, 3.8) is 0 Å². The summed E-state index contributed by atoms with van der Waals surface area (Å²) in [5.41, 5.74) is 2.26. The number of methoxy groups -OCH3 is 1. The zero-order chi connectivity index (χ0) is 15.1. The first-order valence-electron chi connectivity index (χ1n) is 6.98. The van der Waals surface area contributed by atoms with Crippen molar-refractivity contribution < 1.29 is 9.47 Å². The van der Waals surface area contributed by atoms with Crippen LogP contribution in [0.2, 0.25) is 5.02 Å². The Morgan fingerprint density at radius 3 is 2.50 bits per heavy atom. The number of halogens is 2. The highest BCUT2D eigenvalue weighted by atomic mass is 35.5. The van der Waals surface area contributed by atoms with Crippen LogP contribution < -0.4 is 14.8 Å². The van der Waals surface area contributed by atoms with Crippen LogP contribution in [0.15, 0.2) is 42.5 Å². The summed E-state index contributed by atoms with van der Waals surface area (Å²) < 4.78 is 10.8. The number of benzene rings is 2. The molecule has 0 saturated carbocycles. The maximum Gasteiger partial charge on any atom is 0.137 e. The second-order valence-electron chi connectivity index (χ2n) is 4.61. The summed E-state index contributed by atoms with van der Waals surface area (Å²) in [6, 6.07) is 13.9. The Kier molecular flexibility index (Phi) is 8.10. The van der Waals surface area contributed by atoms with Gasteiger partial charge in [-0.2, -0.15) is 0 Å². The molecule has 22 heavy (non-hydrogen) atoms. The topological polar surface area (TPSA) is 30.5 Å². The van der Waals surface area contributed by atoms with Gasteiger partial charge in [-0.1, -0.05) is 35.9 Å². The molecule has 2 aromatic carbocycles. The largest absolute Gasteiger partial charge is 0.496 e. The molecule has 0 spiro atoms. The molecule has 0 saturated heterocycles. The molecule has 3 nitrogen and oxygen atoms in total. The highest BCUT2D eigenvalue weighted by Gasteiger charge is 2.04. The first-order valence-corrected chi connectivity index (χ1v) is 7.36. The molecule has 0 aliphatic rings. The maximum absolute atomic E-state index is 6.18. The van der Waals surface area contributed by atoms with Crippen molar-refractivity contribution in [2.24, 2.45) is 0 Å². The molecule has 0 bridgehead atoms. The van der Waals surface area contributed by atoms with E-state index in [1.165, 1.54) is 0 Å². The molecule has 0 radical (unpaired) electrons. The Bertz CT molecular complexity index is 591. The standard InChI is InChI=1S/C17H20ClNO2.ClH/c1-3-21-17-9-8-13(10-15(17)18)11-19-12-14-6-4-5-7-16(14)20-2;/h4-10,19H,3,11-12H2,1-2H3;1H. The molecule has 120 valence electrons. The van der Waals surface area contributed by atoms with E-state index in [1.54, 1.807) is 7.11 Å². The fraction of sp³-hybridized carbons (Fsp3) is 0.294. The SMILES string of the molecule is CCOc1ccc(CNCc2ccccc2OC)cc1Cl.Cl. The summed E-state index contributed by atoms with van der Waals surface area (Å²) in [4.78, 5) is 0. The number of nitrogens with one attached hydrogen (secondary N) is 1. The zero-order valence-electron chi connectivity index (χ0n) is 12.8. The number of para-hydroxylation sites is 1. The van der Waals surface area contributed by atoms with Crippen molar-refractivity contribution in [2.45, 2.75) is 20.0 Å². The lowest BCUT2D eigenvalue weighted by molar-refractivity contribution is 0.340. The summed E-state index contributed by atoms with van der Waals surface area (Å²) >= 11 is 6.18. The fourth-order valence-electron chi connectivity index (χ4n) is 2.12. The first-order chi connectivity index (χ1) is 10.2. The molecule has 2 rings (SSSR count). The maximum atomic E-state index is 6.18. The molecule has 0 atom stereocenters. The van der Waals surface area contributed by atoms with Crippen molar-refractivity contribution in [3.05, 3.63) is 58.6 Å². The third-order valence-corrected chi connectivity index (χ3v) is 3.43. The normalized spacial score (nSPS) is 9.95. The van der Waals surface area contributed by atoms with Crippen molar-refractivity contribution in [2.75, 3.05) is 13.7 Å². The van der Waals surface area contributed by atoms with Gasteiger partial charge >= 0.3 is 0 Å². The molecule has 0 aromatic heterocycles. The molecule has 2 aromatic rings. The molecular formula is C17H21Cl2NO2. The van der Waals surface area contributed by atoms with Gasteiger partial charge in [0.05, 0.1) is 18.7 Å². The predicted octanol–water partition coefficient (Wildman–Crippen LogP) is 4.46. The van der Waals surface area contributed by atoms with E-state index in [9.17, 15) is 0 Å². The van der Waals surface area contributed by atoms with Crippen LogP contribution in [0.5, 0.6) is 11.5 Å². The van der Waals surface area contributed by atoms with Gasteiger partial charge < -0.3 is 14.8 Å². The molecule has 0 unspecified atom stereocenters. The summed E-state index contributed by atoms with van der Waals surface area (Å²) in [6.07, 6.45) is 0. The highest BCUT2D eigenvalue weighted by molar-refractivity contribution is 6.32. The van der Waals surface area contributed by atoms with E-state index in [2.05, 4.69) is 11.4 Å². The van der Waals surface area contributed by atoms with E-state index in [1.807, 2.05) is 43.3 Å². The Hall–Kier alpha value is -1.42. The molecule has 0 amide bonds. The van der Waals surface area contributed by atoms with Crippen LogP contribution in [0.3, 0.4) is 0 Å². The van der Waals surface area contributed by atoms with Gasteiger partial charge in [-0.15, -0.1) is 12.4 Å². The van der Waals surface area contributed by atoms with Gasteiger partial charge in [0, 0.05) is 18.7 Å². The average molecular weight is 342 g/mol. The van der Waals surface area contributed by atoms with Gasteiger partial charge in [0.25, 0.3) is 0 Å². The number of hydrogen-bond acceptors (Lipinski definition) is 3. The van der Waals surface area contributed by atoms with Crippen molar-refractivity contribution >= 4 is 24.0 Å². The van der Waals surface area contributed by atoms with Gasteiger partial charge in [-0.3, -0.25) is 0 Å². The van der Waals surface area contributed by atoms with E-state index in [4.69, 9.17) is 21.1 Å². The number of ether oxygens (including phenoxy) is 2. The Morgan fingerprint density at radius 2 is 1.82 bits per heavy atom. The molecule has 0 fully saturated rings. The average Bonchev–Trinajstić information content (AvgIpc) is 2.50. The van der Waals surface area contributed by atoms with Crippen molar-refractivity contribution in [3.8, 4) is 11.5 Å². The summed E-state index contributed by atoms with van der Waals surface area (Å²) in [7, 11) is 1.69. The number of hydrogen-bond donors (Lipinski definition) is 1. The van der Waals surface area contributed by atoms with Crippen LogP contribution in [0.1, 0.15) is 18.1 Å². The second-order valence-corrected chi connectivity index (χ2v) is 5.02. The minimum Gasteiger partial charge on any atom is -0.496 e. The van der Waals surface area contributed by atoms with E-state index in [-0.39, 0.29) is 12.4 Å². The molecule has 1 N–H and O–H groups in total. The van der Waals surface area contributed by atoms with Crippen molar-refractivity contribution in [1.82, 2.24) is 5.32 Å². The highest BCUT2D eigenvalue weighted by Crippen LogP contribution is 2.25. The van der Waals surface area contributed by atoms with Crippen LogP contribution in [-0.2, 0) is 13.1 Å². The van der Waals surface area contributed by atoms with Gasteiger partial charge in [0.2, 0.25) is 0 Å². The third-order valence-electron chi connectivity index (χ3n) is 3.13. The summed E-state index contributed by atoms with van der Waals surface area (Å²) in [6.45, 7) is 4.04. The summed E-state index contributed by atoms with van der Waals surface area (Å²) in [5, 5.41) is 4.04. The molecule has 0 heterocycles. The van der Waals surface area contributed by atoms with Gasteiger partial charge in [0.1, 0.15) is 11.5 Å². The second kappa shape index (κ2) is 9.57. The summed E-state index contributed by atoms with van der Waals surface area (Å²) in [5.74, 6) is 1.63. The zero-order valence-corrected chi connectivity index (χ0v) is 14.3. The van der Waals surface area contributed by atoms with Crippen LogP contribution >= 0.6 is 24.0 Å². The molecule has 0 aliphatic heterocycles. The third kappa shape index (κ3) is 5.09. The smallest absolute Gasteiger partial charge is 0.137 e. The fourth-order valence-corrected chi connectivity index (χ4v) is 2.38. The molecular weight excluding hydrogens is 321 g/mol. The lowest BCUT2D eigenvalue weighted by Crippen LogP contribution is -2.13. The quantitative estimate of drug-likeness (QED) is 0.806. The lowest BCUT2D eigenvalue weighted by atomic mass is 10.2. The number of rotatable bonds is 7. The predicted molar refractivity (Wildman–Crippen MR) is 93.4 cm³/mol.